The number of benzene rings is 1. The highest BCUT2D eigenvalue weighted by atomic mass is 16.6. The van der Waals surface area contributed by atoms with Crippen LogP contribution in [0.5, 0.6) is 0 Å². The molecule has 25 heavy (non-hydrogen) atoms. The van der Waals surface area contributed by atoms with Gasteiger partial charge in [0.25, 0.3) is 0 Å². The number of anilines is 2. The molecule has 1 aromatic heterocycles. The van der Waals surface area contributed by atoms with E-state index < -0.39 is 6.09 Å². The second-order valence-electron chi connectivity index (χ2n) is 6.47. The molecule has 1 atom stereocenters. The number of amides is 2. The van der Waals surface area contributed by atoms with E-state index in [0.717, 1.165) is 11.1 Å². The van der Waals surface area contributed by atoms with Crippen molar-refractivity contribution in [2.24, 2.45) is 0 Å². The molecule has 0 spiro atoms. The molecule has 2 amide bonds. The number of fused-ring (bicyclic) bond motifs is 1. The van der Waals surface area contributed by atoms with Crippen molar-refractivity contribution >= 4 is 23.4 Å². The van der Waals surface area contributed by atoms with Crippen LogP contribution in [0.15, 0.2) is 30.6 Å². The summed E-state index contributed by atoms with van der Waals surface area (Å²) in [6.45, 7) is 7.47. The molecule has 1 aromatic carbocycles. The Hall–Kier alpha value is -2.83. The maximum absolute atomic E-state index is 12.6. The molecule has 7 nitrogen and oxygen atoms in total. The minimum Gasteiger partial charge on any atom is -0.446 e. The lowest BCUT2D eigenvalue weighted by atomic mass is 10.0. The maximum Gasteiger partial charge on any atom is 0.414 e. The molecule has 0 fully saturated rings. The zero-order valence-electron chi connectivity index (χ0n) is 14.8. The van der Waals surface area contributed by atoms with Crippen molar-refractivity contribution in [2.45, 2.75) is 39.8 Å². The molecule has 132 valence electrons. The molecule has 7 heteroatoms. The van der Waals surface area contributed by atoms with Gasteiger partial charge in [-0.1, -0.05) is 6.07 Å². The van der Waals surface area contributed by atoms with Crippen LogP contribution in [-0.2, 0) is 9.53 Å². The zero-order valence-corrected chi connectivity index (χ0v) is 14.8. The number of hydrogen-bond acceptors (Lipinski definition) is 4. The van der Waals surface area contributed by atoms with Crippen LogP contribution in [-0.4, -0.2) is 40.9 Å². The minimum absolute atomic E-state index is 0.0540. The van der Waals surface area contributed by atoms with Crippen molar-refractivity contribution < 1.29 is 14.3 Å². The number of hydrogen-bond donors (Lipinski definition) is 1. The predicted octanol–water partition coefficient (Wildman–Crippen LogP) is 3.18. The fourth-order valence-corrected chi connectivity index (χ4v) is 3.13. The Balaban J connectivity index is 2.09. The van der Waals surface area contributed by atoms with Gasteiger partial charge in [-0.25, -0.2) is 4.79 Å². The summed E-state index contributed by atoms with van der Waals surface area (Å²) in [4.78, 5) is 28.0. The minimum atomic E-state index is -0.407. The highest BCUT2D eigenvalue weighted by Crippen LogP contribution is 2.39. The van der Waals surface area contributed by atoms with Crippen molar-refractivity contribution in [1.82, 2.24) is 10.2 Å². The van der Waals surface area contributed by atoms with E-state index in [0.29, 0.717) is 17.9 Å². The fraction of sp³-hybridized carbons (Fsp3) is 0.389. The van der Waals surface area contributed by atoms with E-state index in [-0.39, 0.29) is 18.1 Å². The molecule has 1 unspecified atom stereocenters. The lowest BCUT2D eigenvalue weighted by Crippen LogP contribution is -2.51. The van der Waals surface area contributed by atoms with Gasteiger partial charge in [0.2, 0.25) is 5.91 Å². The average Bonchev–Trinajstić information content (AvgIpc) is 3.07. The monoisotopic (exact) mass is 342 g/mol. The van der Waals surface area contributed by atoms with Crippen LogP contribution in [0.3, 0.4) is 0 Å². The third-order valence-corrected chi connectivity index (χ3v) is 4.14. The highest BCUT2D eigenvalue weighted by Gasteiger charge is 2.34. The molecule has 1 aliphatic rings. The predicted molar refractivity (Wildman–Crippen MR) is 95.6 cm³/mol. The number of nitrogens with one attached hydrogen (secondary N) is 1. The summed E-state index contributed by atoms with van der Waals surface area (Å²) in [5.74, 6) is -0.0540. The topological polar surface area (TPSA) is 78.5 Å². The van der Waals surface area contributed by atoms with Crippen LogP contribution >= 0.6 is 0 Å². The van der Waals surface area contributed by atoms with Gasteiger partial charge in [-0.2, -0.15) is 5.10 Å². The molecule has 0 radical (unpaired) electrons. The van der Waals surface area contributed by atoms with Gasteiger partial charge in [0.15, 0.2) is 0 Å². The molecular weight excluding hydrogens is 320 g/mol. The van der Waals surface area contributed by atoms with Crippen molar-refractivity contribution in [1.29, 1.82) is 0 Å². The lowest BCUT2D eigenvalue weighted by Gasteiger charge is -2.40. The molecule has 0 aliphatic carbocycles. The second-order valence-corrected chi connectivity index (χ2v) is 6.47. The Bertz CT molecular complexity index is 786. The third kappa shape index (κ3) is 3.22. The average molecular weight is 342 g/mol. The Labute approximate surface area is 146 Å². The van der Waals surface area contributed by atoms with E-state index in [2.05, 4.69) is 10.2 Å². The Morgan fingerprint density at radius 1 is 1.28 bits per heavy atom. The number of H-pyrrole nitrogens is 1. The van der Waals surface area contributed by atoms with Crippen LogP contribution in [0.2, 0.25) is 0 Å². The van der Waals surface area contributed by atoms with Gasteiger partial charge in [-0.15, -0.1) is 0 Å². The quantitative estimate of drug-likeness (QED) is 0.909. The fourth-order valence-electron chi connectivity index (χ4n) is 3.13. The van der Waals surface area contributed by atoms with E-state index in [4.69, 9.17) is 4.74 Å². The summed E-state index contributed by atoms with van der Waals surface area (Å²) in [6.07, 6.45) is 2.88. The highest BCUT2D eigenvalue weighted by molar-refractivity contribution is 6.03. The molecule has 0 bridgehead atoms. The summed E-state index contributed by atoms with van der Waals surface area (Å²) < 4.78 is 5.39. The number of nitrogens with zero attached hydrogens (tertiary/aromatic N) is 3. The lowest BCUT2D eigenvalue weighted by molar-refractivity contribution is -0.117. The zero-order chi connectivity index (χ0) is 18.1. The first-order chi connectivity index (χ1) is 11.9. The third-order valence-electron chi connectivity index (χ3n) is 4.14. The van der Waals surface area contributed by atoms with E-state index in [1.165, 1.54) is 6.92 Å². The molecular formula is C18H22N4O3. The van der Waals surface area contributed by atoms with Crippen LogP contribution in [0.4, 0.5) is 16.2 Å². The summed E-state index contributed by atoms with van der Waals surface area (Å²) in [6, 6.07) is 5.54. The number of aromatic nitrogens is 2. The molecule has 0 saturated heterocycles. The second kappa shape index (κ2) is 6.58. The molecule has 3 rings (SSSR count). The van der Waals surface area contributed by atoms with E-state index in [1.807, 2.05) is 39.0 Å². The normalized spacial score (nSPS) is 16.8. The first-order valence-corrected chi connectivity index (χ1v) is 8.29. The maximum atomic E-state index is 12.6. The number of carbonyl (C=O) groups is 2. The van der Waals surface area contributed by atoms with Gasteiger partial charge >= 0.3 is 6.09 Å². The molecule has 1 N–H and O–H groups in total. The number of rotatable bonds is 2. The van der Waals surface area contributed by atoms with Crippen molar-refractivity contribution in [3.05, 3.63) is 30.6 Å². The van der Waals surface area contributed by atoms with Crippen molar-refractivity contribution in [2.75, 3.05) is 16.3 Å². The molecule has 2 aromatic rings. The number of carbonyl (C=O) groups excluding carboxylic acids is 2. The summed E-state index contributed by atoms with van der Waals surface area (Å²) >= 11 is 0. The molecule has 2 heterocycles. The number of ether oxygens (including phenoxy) is 1. The summed E-state index contributed by atoms with van der Waals surface area (Å²) in [7, 11) is 0. The van der Waals surface area contributed by atoms with Gasteiger partial charge in [0.1, 0.15) is 0 Å². The Kier molecular flexibility index (Phi) is 4.48. The van der Waals surface area contributed by atoms with Gasteiger partial charge in [-0.05, 0) is 38.5 Å². The van der Waals surface area contributed by atoms with Crippen molar-refractivity contribution in [3.63, 3.8) is 0 Å². The summed E-state index contributed by atoms with van der Waals surface area (Å²) in [5.41, 5.74) is 3.19. The largest absolute Gasteiger partial charge is 0.446 e. The van der Waals surface area contributed by atoms with Crippen LogP contribution in [0.1, 0.15) is 27.7 Å². The first-order valence-electron chi connectivity index (χ1n) is 8.29. The van der Waals surface area contributed by atoms with Crippen LogP contribution in [0, 0.1) is 0 Å². The standard InChI is InChI=1S/C18H22N4O3/c1-11(2)25-18(24)21-10-12(3)22(13(4)23)16-6-5-14(7-17(16)21)15-8-19-20-9-15/h5-9,11-12H,10H2,1-4H3,(H,19,20). The molecule has 1 aliphatic heterocycles. The van der Waals surface area contributed by atoms with Crippen molar-refractivity contribution in [3.8, 4) is 11.1 Å². The molecule has 0 saturated carbocycles. The van der Waals surface area contributed by atoms with Gasteiger partial charge in [-0.3, -0.25) is 14.8 Å². The van der Waals surface area contributed by atoms with Crippen LogP contribution < -0.4 is 9.80 Å². The SMILES string of the molecule is CC(=O)N1c2ccc(-c3cn[nH]c3)cc2N(C(=O)OC(C)C)CC1C. The van der Waals surface area contributed by atoms with Gasteiger partial charge in [0, 0.05) is 25.2 Å². The Morgan fingerprint density at radius 2 is 2.04 bits per heavy atom. The van der Waals surface area contributed by atoms with E-state index in [9.17, 15) is 9.59 Å². The van der Waals surface area contributed by atoms with Gasteiger partial charge in [0.05, 0.1) is 29.7 Å². The Morgan fingerprint density at radius 3 is 2.64 bits per heavy atom. The van der Waals surface area contributed by atoms with E-state index >= 15 is 0 Å². The summed E-state index contributed by atoms with van der Waals surface area (Å²) in [5, 5.41) is 6.75. The van der Waals surface area contributed by atoms with E-state index in [1.54, 1.807) is 22.2 Å². The first kappa shape index (κ1) is 17.0. The van der Waals surface area contributed by atoms with Gasteiger partial charge < -0.3 is 9.64 Å². The number of aromatic amines is 1. The smallest absolute Gasteiger partial charge is 0.414 e. The van der Waals surface area contributed by atoms with Crippen LogP contribution in [0.25, 0.3) is 11.1 Å².